The molecule has 564 valence electrons. The number of amides is 1. The molecule has 2 aliphatic rings. The molecule has 12 atom stereocenters. The van der Waals surface area contributed by atoms with Crippen LogP contribution in [0.5, 0.6) is 0 Å². The molecule has 2 fully saturated rings. The minimum atomic E-state index is -1.79. The van der Waals surface area contributed by atoms with Crippen molar-refractivity contribution in [2.24, 2.45) is 0 Å². The highest BCUT2D eigenvalue weighted by Gasteiger charge is 2.51. The normalized spacial score (nSPS) is 22.6. The molecule has 2 saturated heterocycles. The van der Waals surface area contributed by atoms with Crippen molar-refractivity contribution in [2.45, 2.75) is 415 Å². The van der Waals surface area contributed by atoms with Crippen LogP contribution in [-0.2, 0) is 23.7 Å². The maximum atomic E-state index is 13.4. The average Bonchev–Trinajstić information content (AvgIpc) is 0.794. The monoisotopic (exact) mass is 1370 g/mol. The van der Waals surface area contributed by atoms with Gasteiger partial charge in [-0.2, -0.15) is 0 Å². The molecule has 0 aliphatic carbocycles. The van der Waals surface area contributed by atoms with Gasteiger partial charge in [0.1, 0.15) is 48.8 Å². The van der Waals surface area contributed by atoms with Crippen molar-refractivity contribution >= 4 is 5.91 Å². The maximum Gasteiger partial charge on any atom is 0.220 e. The van der Waals surface area contributed by atoms with Crippen molar-refractivity contribution < 1.29 is 64.6 Å². The summed E-state index contributed by atoms with van der Waals surface area (Å²) >= 11 is 0. The highest BCUT2D eigenvalue weighted by molar-refractivity contribution is 5.76. The van der Waals surface area contributed by atoms with Gasteiger partial charge in [-0.3, -0.25) is 4.79 Å². The lowest BCUT2D eigenvalue weighted by Gasteiger charge is -2.46. The number of carbonyl (C=O) groups excluding carboxylic acids is 1. The minimum absolute atomic E-state index is 0.238. The van der Waals surface area contributed by atoms with Gasteiger partial charge in [-0.15, -0.1) is 0 Å². The van der Waals surface area contributed by atoms with Gasteiger partial charge in [0.25, 0.3) is 0 Å². The topological polar surface area (TPSA) is 228 Å². The van der Waals surface area contributed by atoms with Gasteiger partial charge in [0.2, 0.25) is 5.91 Å². The van der Waals surface area contributed by atoms with Crippen LogP contribution in [0.3, 0.4) is 0 Å². The molecule has 2 aliphatic heterocycles. The predicted octanol–water partition coefficient (Wildman–Crippen LogP) is 18.3. The van der Waals surface area contributed by atoms with Gasteiger partial charge in [0.05, 0.1) is 32.0 Å². The van der Waals surface area contributed by atoms with Crippen LogP contribution in [0.15, 0.2) is 85.1 Å². The predicted molar refractivity (Wildman–Crippen MR) is 401 cm³/mol. The molecular formula is C83H149NO13. The molecule has 97 heavy (non-hydrogen) atoms. The molecule has 0 aromatic carbocycles. The van der Waals surface area contributed by atoms with Crippen molar-refractivity contribution in [1.82, 2.24) is 5.32 Å². The van der Waals surface area contributed by atoms with E-state index in [1.807, 2.05) is 6.08 Å². The van der Waals surface area contributed by atoms with Crippen molar-refractivity contribution in [1.29, 1.82) is 0 Å². The Hall–Kier alpha value is -2.83. The quantitative estimate of drug-likeness (QED) is 0.0204. The number of allylic oxidation sites excluding steroid dienone is 13. The zero-order valence-electron chi connectivity index (χ0n) is 61.8. The number of ether oxygens (including phenoxy) is 4. The highest BCUT2D eigenvalue weighted by Crippen LogP contribution is 2.30. The fraction of sp³-hybridized carbons (Fsp3) is 0.819. The number of aliphatic hydroxyl groups excluding tert-OH is 8. The van der Waals surface area contributed by atoms with E-state index >= 15 is 0 Å². The summed E-state index contributed by atoms with van der Waals surface area (Å²) in [7, 11) is 0. The summed E-state index contributed by atoms with van der Waals surface area (Å²) in [6.07, 6.45) is 76.6. The second-order valence-corrected chi connectivity index (χ2v) is 28.2. The number of aliphatic hydroxyl groups is 8. The van der Waals surface area contributed by atoms with Crippen LogP contribution >= 0.6 is 0 Å². The summed E-state index contributed by atoms with van der Waals surface area (Å²) in [5, 5.41) is 87.7. The Balaban J connectivity index is 1.62. The molecule has 0 aromatic rings. The summed E-state index contributed by atoms with van der Waals surface area (Å²) in [4.78, 5) is 13.4. The van der Waals surface area contributed by atoms with E-state index in [2.05, 4.69) is 92.1 Å². The number of rotatable bonds is 67. The lowest BCUT2D eigenvalue weighted by Crippen LogP contribution is -2.65. The molecule has 9 N–H and O–H groups in total. The van der Waals surface area contributed by atoms with Gasteiger partial charge in [0.15, 0.2) is 12.6 Å². The second kappa shape index (κ2) is 66.4. The van der Waals surface area contributed by atoms with Gasteiger partial charge < -0.3 is 65.1 Å². The average molecular weight is 1370 g/mol. The Morgan fingerprint density at radius 1 is 0.381 bits per heavy atom. The molecular weight excluding hydrogens is 1220 g/mol. The number of carbonyl (C=O) groups is 1. The van der Waals surface area contributed by atoms with Crippen LogP contribution in [0, 0.1) is 0 Å². The lowest BCUT2D eigenvalue weighted by atomic mass is 9.97. The molecule has 0 bridgehead atoms. The Kier molecular flexibility index (Phi) is 61.8. The van der Waals surface area contributed by atoms with Crippen LogP contribution in [-0.4, -0.2) is 140 Å². The second-order valence-electron chi connectivity index (χ2n) is 28.2. The minimum Gasteiger partial charge on any atom is -0.394 e. The highest BCUT2D eigenvalue weighted by atomic mass is 16.7. The summed E-state index contributed by atoms with van der Waals surface area (Å²) in [6.45, 7) is 2.73. The third-order valence-electron chi connectivity index (χ3n) is 19.3. The summed E-state index contributed by atoms with van der Waals surface area (Å²) < 4.78 is 22.9. The Morgan fingerprint density at radius 2 is 0.711 bits per heavy atom. The fourth-order valence-electron chi connectivity index (χ4n) is 13.0. The van der Waals surface area contributed by atoms with Crippen molar-refractivity contribution in [3.63, 3.8) is 0 Å². The van der Waals surface area contributed by atoms with E-state index in [-0.39, 0.29) is 18.9 Å². The third kappa shape index (κ3) is 49.4. The smallest absolute Gasteiger partial charge is 0.220 e. The summed E-state index contributed by atoms with van der Waals surface area (Å²) in [5.41, 5.74) is 0. The van der Waals surface area contributed by atoms with Gasteiger partial charge in [-0.05, 0) is 70.6 Å². The van der Waals surface area contributed by atoms with Gasteiger partial charge in [-0.1, -0.05) is 349 Å². The van der Waals surface area contributed by atoms with E-state index in [0.29, 0.717) is 6.42 Å². The van der Waals surface area contributed by atoms with Crippen LogP contribution in [0.2, 0.25) is 0 Å². The molecule has 1 amide bonds. The zero-order chi connectivity index (χ0) is 70.1. The molecule has 2 heterocycles. The first-order valence-electron chi connectivity index (χ1n) is 40.3. The van der Waals surface area contributed by atoms with Crippen molar-refractivity contribution in [3.05, 3.63) is 85.1 Å². The molecule has 0 saturated carbocycles. The van der Waals surface area contributed by atoms with E-state index in [1.165, 1.54) is 238 Å². The molecule has 14 heteroatoms. The van der Waals surface area contributed by atoms with Crippen LogP contribution in [0.4, 0.5) is 0 Å². The van der Waals surface area contributed by atoms with Gasteiger partial charge in [0, 0.05) is 6.42 Å². The van der Waals surface area contributed by atoms with Crippen molar-refractivity contribution in [2.75, 3.05) is 19.8 Å². The SMILES string of the molecule is CC/C=C\C/C=C\C/C=C\C/C=C\C/C=C\C/C=C\CCCCCCCCCCCCCCCCC(=O)NC(COC1OC(CO)C(OC2OC(CO)C(O)C(O)C2O)C(O)C1O)C(O)/C=C/CCCCCCCCCCCCCCCCCCCCCCCCCCCCCC. The first kappa shape index (κ1) is 90.3. The van der Waals surface area contributed by atoms with Crippen LogP contribution < -0.4 is 5.32 Å². The molecule has 14 nitrogen and oxygen atoms in total. The van der Waals surface area contributed by atoms with Crippen molar-refractivity contribution in [3.8, 4) is 0 Å². The Labute approximate surface area is 592 Å². The number of hydrogen-bond acceptors (Lipinski definition) is 13. The van der Waals surface area contributed by atoms with E-state index < -0.39 is 86.8 Å². The van der Waals surface area contributed by atoms with Crippen LogP contribution in [0.25, 0.3) is 0 Å². The largest absolute Gasteiger partial charge is 0.394 e. The zero-order valence-corrected chi connectivity index (χ0v) is 61.8. The van der Waals surface area contributed by atoms with Gasteiger partial charge in [-0.25, -0.2) is 0 Å². The van der Waals surface area contributed by atoms with Crippen LogP contribution in [0.1, 0.15) is 341 Å². The van der Waals surface area contributed by atoms with E-state index in [4.69, 9.17) is 18.9 Å². The first-order chi connectivity index (χ1) is 47.6. The van der Waals surface area contributed by atoms with E-state index in [9.17, 15) is 45.6 Å². The molecule has 0 aromatic heterocycles. The van der Waals surface area contributed by atoms with E-state index in [1.54, 1.807) is 6.08 Å². The summed E-state index contributed by atoms with van der Waals surface area (Å²) in [5.74, 6) is -0.238. The lowest BCUT2D eigenvalue weighted by molar-refractivity contribution is -0.359. The molecule has 0 spiro atoms. The Morgan fingerprint density at radius 3 is 1.09 bits per heavy atom. The van der Waals surface area contributed by atoms with E-state index in [0.717, 1.165) is 77.0 Å². The first-order valence-corrected chi connectivity index (χ1v) is 40.3. The number of nitrogens with one attached hydrogen (secondary N) is 1. The fourth-order valence-corrected chi connectivity index (χ4v) is 13.0. The van der Waals surface area contributed by atoms with Gasteiger partial charge >= 0.3 is 0 Å². The standard InChI is InChI=1S/C83H149NO13/c1-3-5-7-9-11-13-15-17-19-21-23-25-27-29-31-33-35-36-37-39-41-43-45-47-49-51-53-55-57-59-61-63-65-67-75(88)84-71(70-94-82-80(93)78(91)81(74(69-86)96-82)97-83-79(92)77(90)76(89)73(68-85)95-83)72(87)66-64-62-60-58-56-54-52-50-48-46-44-42-40-38-34-32-30-28-26-24-22-20-18-16-14-12-10-8-6-4-2/h5,7,11,13,17,19,23,25,29,31,35-36,64,66,71-74,76-83,85-87,89-93H,3-4,6,8-10,12,14-16,18,20-22,24,26-28,30,32-34,37-63,65,67-70H2,1-2H3,(H,84,88)/b7-5-,13-11-,19-17-,25-23-,31-29-,36-35-,66-64+. The third-order valence-corrected chi connectivity index (χ3v) is 19.3. The Bertz CT molecular complexity index is 1950. The summed E-state index contributed by atoms with van der Waals surface area (Å²) in [6, 6.07) is -0.921. The molecule has 0 radical (unpaired) electrons. The number of hydrogen-bond donors (Lipinski definition) is 9. The molecule has 12 unspecified atom stereocenters. The molecule has 2 rings (SSSR count). The number of unbranched alkanes of at least 4 members (excludes halogenated alkanes) is 42. The maximum absolute atomic E-state index is 13.4.